The first-order valence-electron chi connectivity index (χ1n) is 17.7. The first kappa shape index (κ1) is 40.0. The summed E-state index contributed by atoms with van der Waals surface area (Å²) in [6, 6.07) is 13.2. The zero-order valence-electron chi connectivity index (χ0n) is 29.2. The second kappa shape index (κ2) is 16.8. The van der Waals surface area contributed by atoms with Crippen molar-refractivity contribution >= 4 is 0 Å². The van der Waals surface area contributed by atoms with Gasteiger partial charge in [0.25, 0.3) is 0 Å². The van der Waals surface area contributed by atoms with Crippen LogP contribution in [0.2, 0.25) is 0 Å². The summed E-state index contributed by atoms with van der Waals surface area (Å²) in [5.74, 6) is -9.20. The van der Waals surface area contributed by atoms with Gasteiger partial charge in [0.1, 0.15) is 11.5 Å². The second-order valence-electron chi connectivity index (χ2n) is 14.0. The number of hydrogen-bond acceptors (Lipinski definition) is 2. The lowest BCUT2D eigenvalue weighted by Crippen LogP contribution is -2.22. The topological polar surface area (TPSA) is 18.5 Å². The van der Waals surface area contributed by atoms with Gasteiger partial charge in [-0.2, -0.15) is 17.6 Å². The molecule has 0 aliphatic heterocycles. The summed E-state index contributed by atoms with van der Waals surface area (Å²) >= 11 is 0. The van der Waals surface area contributed by atoms with E-state index < -0.39 is 69.7 Å². The van der Waals surface area contributed by atoms with Crippen molar-refractivity contribution in [3.63, 3.8) is 0 Å². The minimum absolute atomic E-state index is 0.357. The number of rotatable bonds is 9. The van der Waals surface area contributed by atoms with E-state index in [2.05, 4.69) is 23.3 Å². The molecule has 2 fully saturated rings. The Kier molecular flexibility index (Phi) is 12.7. The van der Waals surface area contributed by atoms with Crippen molar-refractivity contribution in [2.45, 2.75) is 95.7 Å². The fourth-order valence-electron chi connectivity index (χ4n) is 6.99. The van der Waals surface area contributed by atoms with Crippen molar-refractivity contribution in [3.05, 3.63) is 130 Å². The quantitative estimate of drug-likeness (QED) is 0.125. The number of halogens is 10. The van der Waals surface area contributed by atoms with E-state index in [1.807, 2.05) is 0 Å². The molecule has 2 saturated carbocycles. The molecule has 2 nitrogen and oxygen atoms in total. The molecule has 0 bridgehead atoms. The molecular formula is C41H40F10O2. The van der Waals surface area contributed by atoms with E-state index in [4.69, 9.17) is 0 Å². The molecule has 0 saturated heterocycles. The lowest BCUT2D eigenvalue weighted by atomic mass is 9.78. The van der Waals surface area contributed by atoms with Crippen LogP contribution in [0.15, 0.2) is 72.8 Å². The summed E-state index contributed by atoms with van der Waals surface area (Å²) in [6.07, 6.45) is 2.24. The van der Waals surface area contributed by atoms with Gasteiger partial charge in [-0.1, -0.05) is 57.4 Å². The third kappa shape index (κ3) is 10.1. The number of hydrogen-bond donors (Lipinski definition) is 0. The van der Waals surface area contributed by atoms with Gasteiger partial charge in [0.15, 0.2) is 34.9 Å². The molecule has 53 heavy (non-hydrogen) atoms. The van der Waals surface area contributed by atoms with Crippen molar-refractivity contribution in [2.75, 3.05) is 0 Å². The lowest BCUT2D eigenvalue weighted by molar-refractivity contribution is -0.186. The summed E-state index contributed by atoms with van der Waals surface area (Å²) in [7, 11) is 0. The normalized spacial score (nSPS) is 20.7. The monoisotopic (exact) mass is 754 g/mol. The Morgan fingerprint density at radius 2 is 0.830 bits per heavy atom. The SMILES string of the molecule is CC1CCC(c2ccc(C(F)(F)Oc3cc(F)c(F)c(F)c3)cc2)CC1.CCC1CCC(c2ccc(C(F)(F)Oc3cc(F)c(F)c(F)c3)cc2)CC1. The molecule has 286 valence electrons. The van der Waals surface area contributed by atoms with Crippen LogP contribution in [0.3, 0.4) is 0 Å². The highest BCUT2D eigenvalue weighted by atomic mass is 19.3. The van der Waals surface area contributed by atoms with Crippen LogP contribution >= 0.6 is 0 Å². The molecule has 0 aromatic heterocycles. The Bertz CT molecular complexity index is 1770. The van der Waals surface area contributed by atoms with Crippen molar-refractivity contribution in [2.24, 2.45) is 11.8 Å². The maximum absolute atomic E-state index is 14.3. The first-order chi connectivity index (χ1) is 25.1. The number of alkyl halides is 4. The van der Waals surface area contributed by atoms with E-state index in [0.717, 1.165) is 68.4 Å². The van der Waals surface area contributed by atoms with Crippen LogP contribution in [0.1, 0.15) is 106 Å². The van der Waals surface area contributed by atoms with Gasteiger partial charge in [-0.25, -0.2) is 26.3 Å². The summed E-state index contributed by atoms with van der Waals surface area (Å²) < 4.78 is 145. The van der Waals surface area contributed by atoms with Crippen molar-refractivity contribution < 1.29 is 53.4 Å². The second-order valence-corrected chi connectivity index (χ2v) is 14.0. The molecule has 0 amide bonds. The summed E-state index contributed by atoms with van der Waals surface area (Å²) in [6.45, 7) is 4.39. The molecule has 0 heterocycles. The van der Waals surface area contributed by atoms with E-state index in [1.54, 1.807) is 24.3 Å². The predicted molar refractivity (Wildman–Crippen MR) is 180 cm³/mol. The maximum Gasteiger partial charge on any atom is 0.426 e. The highest BCUT2D eigenvalue weighted by molar-refractivity contribution is 5.32. The first-order valence-corrected chi connectivity index (χ1v) is 17.7. The van der Waals surface area contributed by atoms with Crippen LogP contribution < -0.4 is 9.47 Å². The van der Waals surface area contributed by atoms with E-state index in [9.17, 15) is 43.9 Å². The van der Waals surface area contributed by atoms with Gasteiger partial charge < -0.3 is 9.47 Å². The summed E-state index contributed by atoms with van der Waals surface area (Å²) in [5, 5.41) is 0. The maximum atomic E-state index is 14.3. The van der Waals surface area contributed by atoms with Gasteiger partial charge in [-0.3, -0.25) is 0 Å². The van der Waals surface area contributed by atoms with Crippen molar-refractivity contribution in [3.8, 4) is 11.5 Å². The molecule has 0 spiro atoms. The molecule has 4 aromatic carbocycles. The smallest absolute Gasteiger partial charge is 0.426 e. The molecule has 12 heteroatoms. The summed E-state index contributed by atoms with van der Waals surface area (Å²) in [4.78, 5) is 0. The van der Waals surface area contributed by atoms with Crippen LogP contribution in [0, 0.1) is 46.7 Å². The molecule has 2 aliphatic carbocycles. The Balaban J connectivity index is 0.000000204. The molecule has 4 aromatic rings. The van der Waals surface area contributed by atoms with Gasteiger partial charge in [0, 0.05) is 24.3 Å². The van der Waals surface area contributed by atoms with Crippen LogP contribution in [-0.4, -0.2) is 0 Å². The largest absolute Gasteiger partial charge is 0.429 e. The minimum atomic E-state index is -3.80. The minimum Gasteiger partial charge on any atom is -0.429 e. The zero-order valence-corrected chi connectivity index (χ0v) is 29.2. The van der Waals surface area contributed by atoms with E-state index in [0.29, 0.717) is 42.0 Å². The lowest BCUT2D eigenvalue weighted by Gasteiger charge is -2.28. The van der Waals surface area contributed by atoms with Crippen LogP contribution in [0.25, 0.3) is 0 Å². The Morgan fingerprint density at radius 3 is 1.15 bits per heavy atom. The van der Waals surface area contributed by atoms with Gasteiger partial charge in [-0.15, -0.1) is 0 Å². The summed E-state index contributed by atoms with van der Waals surface area (Å²) in [5.41, 5.74) is 1.13. The standard InChI is InChI=1S/C21H21F5O.C20H19F5O/c1-2-13-3-5-14(6-4-13)15-7-9-16(10-8-15)21(25,26)27-17-11-18(22)20(24)19(23)12-17;1-12-2-4-13(5-3-12)14-6-8-15(9-7-14)20(24,25)26-16-10-17(21)19(23)18(22)11-16/h7-14H,2-6H2,1H3;6-13H,2-5H2,1H3. The molecule has 0 radical (unpaired) electrons. The molecule has 2 aliphatic rings. The number of ether oxygens (including phenoxy) is 2. The van der Waals surface area contributed by atoms with Crippen molar-refractivity contribution in [1.29, 1.82) is 0 Å². The predicted octanol–water partition coefficient (Wildman–Crippen LogP) is 13.4. The average Bonchev–Trinajstić information content (AvgIpc) is 3.13. The molecular weight excluding hydrogens is 714 g/mol. The van der Waals surface area contributed by atoms with Crippen LogP contribution in [-0.2, 0) is 12.2 Å². The molecule has 6 rings (SSSR count). The van der Waals surface area contributed by atoms with E-state index in [1.165, 1.54) is 30.7 Å². The average molecular weight is 755 g/mol. The Labute approximate surface area is 302 Å². The van der Waals surface area contributed by atoms with E-state index in [-0.39, 0.29) is 0 Å². The van der Waals surface area contributed by atoms with Crippen LogP contribution in [0.4, 0.5) is 43.9 Å². The van der Waals surface area contributed by atoms with Gasteiger partial charge >= 0.3 is 12.2 Å². The number of benzene rings is 4. The van der Waals surface area contributed by atoms with Gasteiger partial charge in [0.05, 0.1) is 11.1 Å². The van der Waals surface area contributed by atoms with Gasteiger partial charge in [-0.05, 0) is 97.6 Å². The van der Waals surface area contributed by atoms with Gasteiger partial charge in [0.2, 0.25) is 0 Å². The highest BCUT2D eigenvalue weighted by Crippen LogP contribution is 2.40. The zero-order chi connectivity index (χ0) is 38.5. The van der Waals surface area contributed by atoms with Crippen molar-refractivity contribution in [1.82, 2.24) is 0 Å². The van der Waals surface area contributed by atoms with E-state index >= 15 is 0 Å². The third-order valence-corrected chi connectivity index (χ3v) is 10.3. The Hall–Kier alpha value is -4.22. The molecule has 0 N–H and O–H groups in total. The molecule has 0 unspecified atom stereocenters. The fraction of sp³-hybridized carbons (Fsp3) is 0.415. The third-order valence-electron chi connectivity index (χ3n) is 10.3. The van der Waals surface area contributed by atoms with Crippen LogP contribution in [0.5, 0.6) is 11.5 Å². The highest BCUT2D eigenvalue weighted by Gasteiger charge is 2.37. The molecule has 0 atom stereocenters. The Morgan fingerprint density at radius 1 is 0.509 bits per heavy atom. The fourth-order valence-corrected chi connectivity index (χ4v) is 6.99.